The molecule has 4 nitrogen and oxygen atoms in total. The third-order valence-electron chi connectivity index (χ3n) is 6.73. The standard InChI is InChI=1S/C15H10F3N4.3C4H9.Sn/c1-10-8-13(21-14(20-10)22-7-6-19-9-22)11-2-4-12(5-3-11)15(16,17)18;3*1-3-4-2;/h2-5,7-9H,1H3;3*1,3-4H2,2H3;. The Balaban J connectivity index is 1.97. The molecule has 0 radical (unpaired) electrons. The summed E-state index contributed by atoms with van der Waals surface area (Å²) in [6.45, 7) is 8.67. The summed E-state index contributed by atoms with van der Waals surface area (Å²) in [7, 11) is 0. The third-order valence-corrected chi connectivity index (χ3v) is 21.8. The van der Waals surface area contributed by atoms with Gasteiger partial charge in [0.15, 0.2) is 0 Å². The minimum atomic E-state index is -4.36. The molecule has 0 saturated heterocycles. The van der Waals surface area contributed by atoms with Crippen molar-refractivity contribution in [1.29, 1.82) is 0 Å². The summed E-state index contributed by atoms with van der Waals surface area (Å²) < 4.78 is 46.1. The SMILES string of the molecule is CCC[CH2][Sn]([CH2]CCC)([CH2]CCC)[c]1cn(-c2nc(C)cc(-c3ccc(C(F)(F)F)cc3)n2)cn1. The topological polar surface area (TPSA) is 43.6 Å². The average Bonchev–Trinajstić information content (AvgIpc) is 3.34. The summed E-state index contributed by atoms with van der Waals surface area (Å²) in [5.74, 6) is 0.514. The number of unbranched alkanes of at least 4 members (excludes halogenated alkanes) is 3. The van der Waals surface area contributed by atoms with Crippen molar-refractivity contribution in [3.8, 4) is 17.2 Å². The number of rotatable bonds is 12. The van der Waals surface area contributed by atoms with Crippen molar-refractivity contribution in [2.75, 3.05) is 0 Å². The van der Waals surface area contributed by atoms with Crippen LogP contribution in [0, 0.1) is 6.92 Å². The molecular weight excluding hydrogens is 556 g/mol. The third kappa shape index (κ3) is 7.08. The molecule has 3 rings (SSSR count). The fraction of sp³-hybridized carbons (Fsp3) is 0.519. The van der Waals surface area contributed by atoms with Crippen LogP contribution in [0.15, 0.2) is 42.9 Å². The Bertz CT molecular complexity index is 1060. The molecule has 3 aromatic rings. The van der Waals surface area contributed by atoms with Gasteiger partial charge in [0, 0.05) is 0 Å². The number of hydrogen-bond donors (Lipinski definition) is 0. The van der Waals surface area contributed by atoms with E-state index in [2.05, 4.69) is 32.0 Å². The van der Waals surface area contributed by atoms with Crippen molar-refractivity contribution in [3.05, 3.63) is 54.1 Å². The van der Waals surface area contributed by atoms with Gasteiger partial charge in [-0.3, -0.25) is 0 Å². The van der Waals surface area contributed by atoms with Gasteiger partial charge in [-0.25, -0.2) is 0 Å². The summed E-state index contributed by atoms with van der Waals surface area (Å²) in [6, 6.07) is 6.93. The summed E-state index contributed by atoms with van der Waals surface area (Å²) in [4.78, 5) is 14.3. The van der Waals surface area contributed by atoms with Crippen LogP contribution in [0.4, 0.5) is 13.2 Å². The summed E-state index contributed by atoms with van der Waals surface area (Å²) in [5.41, 5.74) is 1.33. The van der Waals surface area contributed by atoms with E-state index in [0.717, 1.165) is 17.8 Å². The maximum absolute atomic E-state index is 13.0. The van der Waals surface area contributed by atoms with Crippen molar-refractivity contribution in [1.82, 2.24) is 19.5 Å². The first-order chi connectivity index (χ1) is 16.7. The summed E-state index contributed by atoms with van der Waals surface area (Å²) in [6.07, 6.45) is 7.02. The first kappa shape index (κ1) is 27.7. The van der Waals surface area contributed by atoms with Gasteiger partial charge in [0.2, 0.25) is 0 Å². The Labute approximate surface area is 211 Å². The van der Waals surface area contributed by atoms with E-state index in [9.17, 15) is 13.2 Å². The molecule has 190 valence electrons. The van der Waals surface area contributed by atoms with Crippen LogP contribution in [0.5, 0.6) is 0 Å². The Hall–Kier alpha value is -1.90. The Morgan fingerprint density at radius 1 is 0.857 bits per heavy atom. The van der Waals surface area contributed by atoms with Gasteiger partial charge < -0.3 is 0 Å². The molecule has 2 aromatic heterocycles. The predicted octanol–water partition coefficient (Wildman–Crippen LogP) is 7.71. The molecular formula is C27H37F3N4Sn. The number of aryl methyl sites for hydroxylation is 1. The van der Waals surface area contributed by atoms with Crippen molar-refractivity contribution >= 4 is 22.1 Å². The fourth-order valence-electron chi connectivity index (χ4n) is 4.66. The van der Waals surface area contributed by atoms with Crippen LogP contribution in [0.1, 0.15) is 70.6 Å². The Morgan fingerprint density at radius 3 is 1.94 bits per heavy atom. The monoisotopic (exact) mass is 594 g/mol. The molecule has 1 aromatic carbocycles. The molecule has 0 N–H and O–H groups in total. The van der Waals surface area contributed by atoms with Gasteiger partial charge >= 0.3 is 212 Å². The zero-order valence-electron chi connectivity index (χ0n) is 21.3. The van der Waals surface area contributed by atoms with E-state index in [-0.39, 0.29) is 0 Å². The number of aromatic nitrogens is 4. The Kier molecular flexibility index (Phi) is 9.78. The zero-order valence-corrected chi connectivity index (χ0v) is 24.2. The molecule has 0 fully saturated rings. The van der Waals surface area contributed by atoms with Crippen LogP contribution in [0.25, 0.3) is 17.2 Å². The van der Waals surface area contributed by atoms with Crippen LogP contribution in [0.3, 0.4) is 0 Å². The maximum atomic E-state index is 13.0. The van der Waals surface area contributed by atoms with Gasteiger partial charge in [0.05, 0.1) is 0 Å². The van der Waals surface area contributed by atoms with Gasteiger partial charge in [0.25, 0.3) is 0 Å². The normalized spacial score (nSPS) is 12.3. The van der Waals surface area contributed by atoms with Crippen molar-refractivity contribution in [2.45, 2.75) is 85.7 Å². The predicted molar refractivity (Wildman–Crippen MR) is 139 cm³/mol. The Morgan fingerprint density at radius 2 is 1.43 bits per heavy atom. The van der Waals surface area contributed by atoms with E-state index >= 15 is 0 Å². The fourth-order valence-corrected chi connectivity index (χ4v) is 19.9. The van der Waals surface area contributed by atoms with Gasteiger partial charge in [-0.2, -0.15) is 0 Å². The molecule has 2 heterocycles. The van der Waals surface area contributed by atoms with E-state index < -0.39 is 30.1 Å². The molecule has 0 spiro atoms. The first-order valence-electron chi connectivity index (χ1n) is 12.8. The molecule has 8 heteroatoms. The molecule has 0 aliphatic carbocycles. The van der Waals surface area contributed by atoms with Gasteiger partial charge in [-0.05, 0) is 0 Å². The van der Waals surface area contributed by atoms with E-state index in [1.165, 1.54) is 67.7 Å². The number of imidazole rings is 1. The van der Waals surface area contributed by atoms with Crippen LogP contribution < -0.4 is 3.71 Å². The zero-order chi connectivity index (χ0) is 25.5. The molecule has 0 aliphatic heterocycles. The van der Waals surface area contributed by atoms with Crippen LogP contribution in [-0.4, -0.2) is 37.9 Å². The number of halogens is 3. The van der Waals surface area contributed by atoms with Gasteiger partial charge in [-0.15, -0.1) is 0 Å². The van der Waals surface area contributed by atoms with Gasteiger partial charge in [-0.1, -0.05) is 0 Å². The molecule has 0 bridgehead atoms. The molecule has 0 aliphatic rings. The van der Waals surface area contributed by atoms with Crippen molar-refractivity contribution in [2.24, 2.45) is 0 Å². The van der Waals surface area contributed by atoms with Crippen molar-refractivity contribution < 1.29 is 13.2 Å². The average molecular weight is 593 g/mol. The molecule has 0 atom stereocenters. The minimum absolute atomic E-state index is 0.514. The van der Waals surface area contributed by atoms with Crippen LogP contribution in [-0.2, 0) is 6.18 Å². The molecule has 0 unspecified atom stereocenters. The quantitative estimate of drug-likeness (QED) is 0.202. The summed E-state index contributed by atoms with van der Waals surface area (Å²) >= 11 is -2.68. The second-order valence-electron chi connectivity index (χ2n) is 9.53. The van der Waals surface area contributed by atoms with E-state index in [1.807, 2.05) is 17.8 Å². The van der Waals surface area contributed by atoms with Crippen LogP contribution in [0.2, 0.25) is 13.3 Å². The van der Waals surface area contributed by atoms with Crippen molar-refractivity contribution in [3.63, 3.8) is 0 Å². The second kappa shape index (κ2) is 12.4. The second-order valence-corrected chi connectivity index (χ2v) is 22.6. The van der Waals surface area contributed by atoms with Gasteiger partial charge in [0.1, 0.15) is 0 Å². The first-order valence-corrected chi connectivity index (χ1v) is 20.3. The number of hydrogen-bond acceptors (Lipinski definition) is 3. The number of benzene rings is 1. The van der Waals surface area contributed by atoms with E-state index in [4.69, 9.17) is 9.97 Å². The molecule has 35 heavy (non-hydrogen) atoms. The summed E-state index contributed by atoms with van der Waals surface area (Å²) in [5, 5.41) is 0. The number of nitrogens with zero attached hydrogens (tertiary/aromatic N) is 4. The van der Waals surface area contributed by atoms with E-state index in [0.29, 0.717) is 17.2 Å². The molecule has 0 amide bonds. The van der Waals surface area contributed by atoms with Crippen LogP contribution >= 0.6 is 0 Å². The molecule has 0 saturated carbocycles. The van der Waals surface area contributed by atoms with E-state index in [1.54, 1.807) is 6.07 Å². The number of alkyl halides is 3.